The Kier molecular flexibility index (Phi) is 4.90. The van der Waals surface area contributed by atoms with Crippen LogP contribution in [0.25, 0.3) is 0 Å². The van der Waals surface area contributed by atoms with Gasteiger partial charge in [-0.1, -0.05) is 6.07 Å². The van der Waals surface area contributed by atoms with Crippen LogP contribution in [-0.4, -0.2) is 11.7 Å². The summed E-state index contributed by atoms with van der Waals surface area (Å²) >= 11 is 0.916. The number of thioether (sulfide) groups is 1. The summed E-state index contributed by atoms with van der Waals surface area (Å²) in [6.45, 7) is 1.74. The van der Waals surface area contributed by atoms with Gasteiger partial charge in [0.05, 0.1) is 11.4 Å². The van der Waals surface area contributed by atoms with Crippen LogP contribution in [0.1, 0.15) is 5.56 Å². The molecule has 1 amide bonds. The van der Waals surface area contributed by atoms with Crippen LogP contribution in [0.2, 0.25) is 0 Å². The predicted octanol–water partition coefficient (Wildman–Crippen LogP) is 4.14. The lowest BCUT2D eigenvalue weighted by Gasteiger charge is -2.07. The van der Waals surface area contributed by atoms with Crippen LogP contribution in [0, 0.1) is 24.4 Å². The summed E-state index contributed by atoms with van der Waals surface area (Å²) < 4.78 is 39.7. The minimum atomic E-state index is -0.727. The van der Waals surface area contributed by atoms with E-state index in [2.05, 4.69) is 5.32 Å². The van der Waals surface area contributed by atoms with Gasteiger partial charge in [0.2, 0.25) is 5.91 Å². The van der Waals surface area contributed by atoms with E-state index in [1.807, 2.05) is 0 Å². The largest absolute Gasteiger partial charge is 0.323 e. The van der Waals surface area contributed by atoms with Crippen molar-refractivity contribution in [2.45, 2.75) is 11.8 Å². The zero-order valence-corrected chi connectivity index (χ0v) is 11.9. The van der Waals surface area contributed by atoms with Gasteiger partial charge in [-0.05, 0) is 36.8 Å². The summed E-state index contributed by atoms with van der Waals surface area (Å²) in [6, 6.07) is 7.57. The van der Waals surface area contributed by atoms with Gasteiger partial charge in [0.25, 0.3) is 0 Å². The molecular formula is C15H12F3NOS. The first kappa shape index (κ1) is 15.4. The average Bonchev–Trinajstić information content (AvgIpc) is 2.41. The zero-order valence-electron chi connectivity index (χ0n) is 11.1. The number of rotatable bonds is 4. The number of hydrogen-bond donors (Lipinski definition) is 1. The Labute approximate surface area is 124 Å². The highest BCUT2D eigenvalue weighted by atomic mass is 32.2. The number of nitrogens with one attached hydrogen (secondary N) is 1. The van der Waals surface area contributed by atoms with Crippen molar-refractivity contribution in [3.8, 4) is 0 Å². The maximum atomic E-state index is 13.6. The van der Waals surface area contributed by atoms with E-state index in [0.717, 1.165) is 29.5 Å². The van der Waals surface area contributed by atoms with E-state index < -0.39 is 23.4 Å². The fraction of sp³-hybridized carbons (Fsp3) is 0.133. The minimum Gasteiger partial charge on any atom is -0.323 e. The minimum absolute atomic E-state index is 0.0748. The van der Waals surface area contributed by atoms with Crippen LogP contribution >= 0.6 is 11.8 Å². The molecule has 2 rings (SSSR count). The Balaban J connectivity index is 1.96. The van der Waals surface area contributed by atoms with Crippen molar-refractivity contribution in [1.29, 1.82) is 0 Å². The van der Waals surface area contributed by atoms with Crippen LogP contribution < -0.4 is 5.32 Å². The highest BCUT2D eigenvalue weighted by molar-refractivity contribution is 8.00. The molecule has 0 spiro atoms. The molecule has 2 nitrogen and oxygen atoms in total. The number of amides is 1. The molecule has 0 aliphatic rings. The third-order valence-corrected chi connectivity index (χ3v) is 3.70. The number of carbonyl (C=O) groups is 1. The second kappa shape index (κ2) is 6.67. The summed E-state index contributed by atoms with van der Waals surface area (Å²) in [5.41, 5.74) is 0.819. The van der Waals surface area contributed by atoms with Crippen molar-refractivity contribution < 1.29 is 18.0 Å². The molecule has 0 bridgehead atoms. The van der Waals surface area contributed by atoms with Crippen molar-refractivity contribution in [1.82, 2.24) is 0 Å². The molecule has 0 atom stereocenters. The first-order valence-electron chi connectivity index (χ1n) is 6.09. The first-order chi connectivity index (χ1) is 9.95. The molecule has 0 saturated heterocycles. The van der Waals surface area contributed by atoms with E-state index in [4.69, 9.17) is 0 Å². The van der Waals surface area contributed by atoms with Gasteiger partial charge in [0.15, 0.2) is 0 Å². The maximum Gasteiger partial charge on any atom is 0.234 e. The van der Waals surface area contributed by atoms with E-state index >= 15 is 0 Å². The number of benzene rings is 2. The summed E-state index contributed by atoms with van der Waals surface area (Å²) in [7, 11) is 0. The molecule has 0 heterocycles. The third kappa shape index (κ3) is 4.26. The molecule has 1 N–H and O–H groups in total. The molecule has 0 aromatic heterocycles. The van der Waals surface area contributed by atoms with Crippen molar-refractivity contribution in [2.24, 2.45) is 0 Å². The van der Waals surface area contributed by atoms with E-state index in [1.165, 1.54) is 18.2 Å². The second-order valence-corrected chi connectivity index (χ2v) is 5.41. The topological polar surface area (TPSA) is 29.1 Å². The Morgan fingerprint density at radius 1 is 1.10 bits per heavy atom. The lowest BCUT2D eigenvalue weighted by atomic mass is 10.2. The lowest BCUT2D eigenvalue weighted by Crippen LogP contribution is -2.15. The monoisotopic (exact) mass is 311 g/mol. The number of aryl methyl sites for hydroxylation is 1. The molecular weight excluding hydrogens is 299 g/mol. The SMILES string of the molecule is Cc1ccc(NC(=O)CSc2ccc(F)cc2F)c(F)c1. The van der Waals surface area contributed by atoms with Gasteiger partial charge in [0, 0.05) is 11.0 Å². The predicted molar refractivity (Wildman–Crippen MR) is 76.8 cm³/mol. The molecule has 110 valence electrons. The third-order valence-electron chi connectivity index (χ3n) is 2.65. The molecule has 6 heteroatoms. The smallest absolute Gasteiger partial charge is 0.234 e. The second-order valence-electron chi connectivity index (χ2n) is 4.39. The van der Waals surface area contributed by atoms with E-state index in [9.17, 15) is 18.0 Å². The van der Waals surface area contributed by atoms with Crippen molar-refractivity contribution >= 4 is 23.4 Å². The normalized spacial score (nSPS) is 10.5. The summed E-state index contributed by atoms with van der Waals surface area (Å²) in [5, 5.41) is 2.41. The Morgan fingerprint density at radius 2 is 1.86 bits per heavy atom. The van der Waals surface area contributed by atoms with E-state index in [-0.39, 0.29) is 16.3 Å². The van der Waals surface area contributed by atoms with E-state index in [1.54, 1.807) is 13.0 Å². The summed E-state index contributed by atoms with van der Waals surface area (Å²) in [4.78, 5) is 11.9. The molecule has 2 aromatic carbocycles. The number of anilines is 1. The Morgan fingerprint density at radius 3 is 2.52 bits per heavy atom. The van der Waals surface area contributed by atoms with Crippen molar-refractivity contribution in [3.05, 3.63) is 59.4 Å². The first-order valence-corrected chi connectivity index (χ1v) is 7.08. The van der Waals surface area contributed by atoms with E-state index in [0.29, 0.717) is 0 Å². The number of carbonyl (C=O) groups excluding carboxylic acids is 1. The van der Waals surface area contributed by atoms with Crippen LogP contribution in [-0.2, 0) is 4.79 Å². The van der Waals surface area contributed by atoms with Crippen molar-refractivity contribution in [3.63, 3.8) is 0 Å². The lowest BCUT2D eigenvalue weighted by molar-refractivity contribution is -0.113. The van der Waals surface area contributed by atoms with Crippen molar-refractivity contribution in [2.75, 3.05) is 11.1 Å². The maximum absolute atomic E-state index is 13.6. The van der Waals surface area contributed by atoms with Gasteiger partial charge in [-0.3, -0.25) is 4.79 Å². The molecule has 2 aromatic rings. The van der Waals surface area contributed by atoms with Gasteiger partial charge >= 0.3 is 0 Å². The Bertz CT molecular complexity index is 676. The summed E-state index contributed by atoms with van der Waals surface area (Å²) in [6.07, 6.45) is 0. The van der Waals surface area contributed by atoms with Crippen LogP contribution in [0.3, 0.4) is 0 Å². The van der Waals surface area contributed by atoms with Gasteiger partial charge in [-0.25, -0.2) is 13.2 Å². The van der Waals surface area contributed by atoms with Gasteiger partial charge in [-0.2, -0.15) is 0 Å². The Hall–Kier alpha value is -1.95. The molecule has 0 aliphatic carbocycles. The highest BCUT2D eigenvalue weighted by Crippen LogP contribution is 2.23. The number of halogens is 3. The van der Waals surface area contributed by atoms with Gasteiger partial charge in [0.1, 0.15) is 17.5 Å². The van der Waals surface area contributed by atoms with Gasteiger partial charge < -0.3 is 5.32 Å². The quantitative estimate of drug-likeness (QED) is 0.860. The fourth-order valence-electron chi connectivity index (χ4n) is 1.64. The molecule has 0 aliphatic heterocycles. The molecule has 0 unspecified atom stereocenters. The fourth-order valence-corrected chi connectivity index (χ4v) is 2.36. The molecule has 0 fully saturated rings. The standard InChI is InChI=1S/C15H12F3NOS/c1-9-2-4-13(11(17)6-9)19-15(20)8-21-14-5-3-10(16)7-12(14)18/h2-7H,8H2,1H3,(H,19,20). The average molecular weight is 311 g/mol. The number of hydrogen-bond acceptors (Lipinski definition) is 2. The molecule has 0 radical (unpaired) electrons. The molecule has 0 saturated carbocycles. The molecule has 21 heavy (non-hydrogen) atoms. The van der Waals surface area contributed by atoms with Crippen LogP contribution in [0.4, 0.5) is 18.9 Å². The van der Waals surface area contributed by atoms with Crippen LogP contribution in [0.15, 0.2) is 41.3 Å². The highest BCUT2D eigenvalue weighted by Gasteiger charge is 2.10. The summed E-state index contributed by atoms with van der Waals surface area (Å²) in [5.74, 6) is -2.50. The van der Waals surface area contributed by atoms with Crippen LogP contribution in [0.5, 0.6) is 0 Å². The van der Waals surface area contributed by atoms with Gasteiger partial charge in [-0.15, -0.1) is 11.8 Å². The zero-order chi connectivity index (χ0) is 15.4.